The van der Waals surface area contributed by atoms with E-state index in [1.807, 2.05) is 0 Å². The molecule has 1 nitrogen and oxygen atoms in total. The van der Waals surface area contributed by atoms with Gasteiger partial charge in [-0.05, 0) is 25.0 Å². The fraction of sp³-hybridized carbons (Fsp3) is 0.571. The van der Waals surface area contributed by atoms with Gasteiger partial charge in [0.1, 0.15) is 0 Å². The van der Waals surface area contributed by atoms with E-state index in [2.05, 4.69) is 52.0 Å². The Morgan fingerprint density at radius 3 is 2.31 bits per heavy atom. The fourth-order valence-electron chi connectivity index (χ4n) is 1.67. The Hall–Kier alpha value is -0.448. The molecular weight excluding hydrogens is 211 g/mol. The van der Waals surface area contributed by atoms with Gasteiger partial charge in [-0.15, -0.1) is 0 Å². The van der Waals surface area contributed by atoms with Crippen LogP contribution in [-0.4, -0.2) is 14.5 Å². The highest BCUT2D eigenvalue weighted by Crippen LogP contribution is 2.17. The Morgan fingerprint density at radius 1 is 1.19 bits per heavy atom. The molecule has 0 aliphatic rings. The van der Waals surface area contributed by atoms with Crippen molar-refractivity contribution in [3.05, 3.63) is 29.8 Å². The van der Waals surface area contributed by atoms with Crippen LogP contribution in [0, 0.1) is 12.8 Å². The molecule has 0 amide bonds. The summed E-state index contributed by atoms with van der Waals surface area (Å²) in [6.45, 7) is 8.93. The lowest BCUT2D eigenvalue weighted by Gasteiger charge is -2.14. The summed E-state index contributed by atoms with van der Waals surface area (Å²) in [5, 5.41) is 2.52. The van der Waals surface area contributed by atoms with Crippen molar-refractivity contribution < 1.29 is 3.79 Å². The molecule has 0 saturated carbocycles. The average molecular weight is 234 g/mol. The van der Waals surface area contributed by atoms with Crippen LogP contribution in [0.1, 0.15) is 32.8 Å². The zero-order valence-corrected chi connectivity index (χ0v) is 12.1. The average Bonchev–Trinajstić information content (AvgIpc) is 2.26. The molecule has 0 spiro atoms. The molecule has 2 heteroatoms. The van der Waals surface area contributed by atoms with E-state index in [4.69, 9.17) is 3.79 Å². The van der Waals surface area contributed by atoms with E-state index in [0.717, 1.165) is 11.7 Å². The van der Waals surface area contributed by atoms with Gasteiger partial charge in [0.05, 0.1) is 5.75 Å². The molecule has 0 N–H and O–H groups in total. The van der Waals surface area contributed by atoms with Gasteiger partial charge in [0.25, 0.3) is 0 Å². The second-order valence-corrected chi connectivity index (χ2v) is 7.81. The third kappa shape index (κ3) is 5.06. The minimum atomic E-state index is -1.01. The Morgan fingerprint density at radius 2 is 1.81 bits per heavy atom. The van der Waals surface area contributed by atoms with Crippen LogP contribution < -0.4 is 3.79 Å². The lowest BCUT2D eigenvalue weighted by molar-refractivity contribution is 0.540. The van der Waals surface area contributed by atoms with Gasteiger partial charge in [-0.3, -0.25) is 0 Å². The molecule has 0 bridgehead atoms. The number of hydrogen-bond donors (Lipinski definition) is 0. The maximum absolute atomic E-state index is 6.11. The molecule has 0 heterocycles. The standard InChI is InChI=1S/C7H8O.C5H11.C2H5.Al/c1-6-2-4-7(8)5-3-6;1-4-5(2)3;1-2;/h2-5,8H,1H3;5H,1,4H2,2-3H3;1H2,2H3;/q;;;+1/p-1. The lowest BCUT2D eigenvalue weighted by Crippen LogP contribution is -2.20. The van der Waals surface area contributed by atoms with Gasteiger partial charge in [-0.2, -0.15) is 0 Å². The minimum Gasteiger partial charge on any atom is -0.643 e. The third-order valence-electron chi connectivity index (χ3n) is 2.85. The van der Waals surface area contributed by atoms with E-state index in [1.165, 1.54) is 22.5 Å². The molecule has 1 aromatic carbocycles. The highest BCUT2D eigenvalue weighted by molar-refractivity contribution is 6.52. The van der Waals surface area contributed by atoms with Gasteiger partial charge < -0.3 is 3.79 Å². The van der Waals surface area contributed by atoms with Crippen LogP contribution in [0.4, 0.5) is 0 Å². The Bertz CT molecular complexity index is 292. The highest BCUT2D eigenvalue weighted by Gasteiger charge is 2.20. The van der Waals surface area contributed by atoms with Gasteiger partial charge in [0.2, 0.25) is 0 Å². The summed E-state index contributed by atoms with van der Waals surface area (Å²) in [6.07, 6.45) is 1.30. The predicted molar refractivity (Wildman–Crippen MR) is 72.3 cm³/mol. The first-order valence-electron chi connectivity index (χ1n) is 6.35. The topological polar surface area (TPSA) is 9.23 Å². The number of benzene rings is 1. The molecule has 0 saturated heterocycles. The second kappa shape index (κ2) is 6.99. The Kier molecular flexibility index (Phi) is 5.95. The largest absolute Gasteiger partial charge is 0.643 e. The maximum atomic E-state index is 6.11. The van der Waals surface area contributed by atoms with E-state index < -0.39 is 14.5 Å². The maximum Gasteiger partial charge on any atom is 0.546 e. The van der Waals surface area contributed by atoms with Gasteiger partial charge in [-0.25, -0.2) is 0 Å². The van der Waals surface area contributed by atoms with Crippen LogP contribution >= 0.6 is 0 Å². The molecule has 1 rings (SSSR count). The summed E-state index contributed by atoms with van der Waals surface area (Å²) in [7, 11) is 0. The predicted octanol–water partition coefficient (Wildman–Crippen LogP) is 4.43. The molecule has 0 radical (unpaired) electrons. The number of aryl methyl sites for hydroxylation is 1. The van der Waals surface area contributed by atoms with E-state index in [9.17, 15) is 0 Å². The van der Waals surface area contributed by atoms with Crippen molar-refractivity contribution in [3.8, 4) is 5.75 Å². The van der Waals surface area contributed by atoms with E-state index in [1.54, 1.807) is 0 Å². The van der Waals surface area contributed by atoms with Crippen molar-refractivity contribution in [2.45, 2.75) is 44.7 Å². The van der Waals surface area contributed by atoms with Crippen LogP contribution in [0.5, 0.6) is 5.75 Å². The van der Waals surface area contributed by atoms with Gasteiger partial charge in [0.15, 0.2) is 0 Å². The van der Waals surface area contributed by atoms with Crippen molar-refractivity contribution in [2.24, 2.45) is 5.92 Å². The molecule has 0 unspecified atom stereocenters. The SMILES string of the molecule is C[CH2][Al]([CH2]CC(C)C)[O]c1ccc(C)cc1. The van der Waals surface area contributed by atoms with Crippen molar-refractivity contribution in [1.29, 1.82) is 0 Å². The van der Waals surface area contributed by atoms with Crippen molar-refractivity contribution >= 4 is 14.5 Å². The molecule has 0 atom stereocenters. The van der Waals surface area contributed by atoms with Crippen LogP contribution in [0.2, 0.25) is 10.6 Å². The van der Waals surface area contributed by atoms with E-state index in [0.29, 0.717) is 0 Å². The third-order valence-corrected chi connectivity index (χ3v) is 5.34. The van der Waals surface area contributed by atoms with Crippen molar-refractivity contribution in [1.82, 2.24) is 0 Å². The minimum absolute atomic E-state index is 0.795. The first-order chi connectivity index (χ1) is 7.61. The zero-order chi connectivity index (χ0) is 12.0. The normalized spacial score (nSPS) is 10.6. The molecule has 1 aromatic rings. The van der Waals surface area contributed by atoms with Crippen molar-refractivity contribution in [3.63, 3.8) is 0 Å². The van der Waals surface area contributed by atoms with E-state index >= 15 is 0 Å². The molecule has 0 fully saturated rings. The summed E-state index contributed by atoms with van der Waals surface area (Å²) in [5.41, 5.74) is 1.30. The summed E-state index contributed by atoms with van der Waals surface area (Å²) in [5.74, 6) is 1.86. The van der Waals surface area contributed by atoms with Crippen LogP contribution in [0.25, 0.3) is 0 Å². The van der Waals surface area contributed by atoms with Gasteiger partial charge >= 0.3 is 14.5 Å². The Balaban J connectivity index is 2.46. The molecule has 0 aromatic heterocycles. The number of hydrogen-bond acceptors (Lipinski definition) is 1. The Labute approximate surface area is 105 Å². The smallest absolute Gasteiger partial charge is 0.546 e. The second-order valence-electron chi connectivity index (χ2n) is 4.93. The quantitative estimate of drug-likeness (QED) is 0.661. The van der Waals surface area contributed by atoms with Crippen LogP contribution in [0.15, 0.2) is 24.3 Å². The summed E-state index contributed by atoms with van der Waals surface area (Å²) in [6, 6.07) is 8.44. The summed E-state index contributed by atoms with van der Waals surface area (Å²) >= 11 is -1.01. The van der Waals surface area contributed by atoms with Gasteiger partial charge in [-0.1, -0.05) is 55.5 Å². The first kappa shape index (κ1) is 13.6. The van der Waals surface area contributed by atoms with Crippen LogP contribution in [0.3, 0.4) is 0 Å². The first-order valence-corrected chi connectivity index (χ1v) is 8.45. The summed E-state index contributed by atoms with van der Waals surface area (Å²) < 4.78 is 6.11. The monoisotopic (exact) mass is 234 g/mol. The molecule has 88 valence electrons. The van der Waals surface area contributed by atoms with Crippen LogP contribution in [-0.2, 0) is 0 Å². The highest BCUT2D eigenvalue weighted by atomic mass is 27.2. The van der Waals surface area contributed by atoms with E-state index in [-0.39, 0.29) is 0 Å². The molecule has 0 aliphatic heterocycles. The lowest BCUT2D eigenvalue weighted by atomic mass is 10.2. The zero-order valence-electron chi connectivity index (χ0n) is 11.0. The fourth-order valence-corrected chi connectivity index (χ4v) is 3.95. The molecule has 16 heavy (non-hydrogen) atoms. The molecule has 0 aliphatic carbocycles. The summed E-state index contributed by atoms with van der Waals surface area (Å²) in [4.78, 5) is 0. The number of rotatable bonds is 6. The van der Waals surface area contributed by atoms with Crippen molar-refractivity contribution in [2.75, 3.05) is 0 Å². The molecular formula is C14H23AlO. The van der Waals surface area contributed by atoms with Gasteiger partial charge in [0, 0.05) is 0 Å².